The van der Waals surface area contributed by atoms with E-state index < -0.39 is 14.8 Å². The van der Waals surface area contributed by atoms with Gasteiger partial charge in [-0.1, -0.05) is 15.9 Å². The van der Waals surface area contributed by atoms with Gasteiger partial charge in [-0.25, -0.2) is 8.42 Å². The van der Waals surface area contributed by atoms with Crippen molar-refractivity contribution in [3.8, 4) is 0 Å². The van der Waals surface area contributed by atoms with Gasteiger partial charge in [0.15, 0.2) is 0 Å². The van der Waals surface area contributed by atoms with Crippen LogP contribution in [0.25, 0.3) is 0 Å². The van der Waals surface area contributed by atoms with Crippen LogP contribution in [0.5, 0.6) is 0 Å². The molecule has 0 atom stereocenters. The lowest BCUT2D eigenvalue weighted by Gasteiger charge is -2.09. The Bertz CT molecular complexity index is 587. The van der Waals surface area contributed by atoms with Gasteiger partial charge in [-0.05, 0) is 25.5 Å². The van der Waals surface area contributed by atoms with Gasteiger partial charge >= 0.3 is 0 Å². The molecular formula is C11H15BrN2O4S. The first-order valence-electron chi connectivity index (χ1n) is 5.57. The van der Waals surface area contributed by atoms with Crippen LogP contribution in [-0.4, -0.2) is 31.9 Å². The van der Waals surface area contributed by atoms with Crippen molar-refractivity contribution < 1.29 is 13.3 Å². The first-order valence-corrected chi connectivity index (χ1v) is 8.43. The van der Waals surface area contributed by atoms with Gasteiger partial charge in [0.1, 0.15) is 15.5 Å². The number of halogens is 1. The average Bonchev–Trinajstić information content (AvgIpc) is 2.27. The van der Waals surface area contributed by atoms with E-state index in [0.29, 0.717) is 28.7 Å². The molecule has 0 heterocycles. The first kappa shape index (κ1) is 15.9. The van der Waals surface area contributed by atoms with Crippen LogP contribution in [0.15, 0.2) is 16.6 Å². The zero-order chi connectivity index (χ0) is 14.6. The minimum Gasteiger partial charge on any atom is -0.379 e. The van der Waals surface area contributed by atoms with E-state index in [2.05, 4.69) is 21.2 Å². The smallest absolute Gasteiger partial charge is 0.296 e. The summed E-state index contributed by atoms with van der Waals surface area (Å²) in [4.78, 5) is 10.6. The summed E-state index contributed by atoms with van der Waals surface area (Å²) in [6.45, 7) is 2.03. The Morgan fingerprint density at radius 3 is 2.58 bits per heavy atom. The fourth-order valence-corrected chi connectivity index (χ4v) is 2.60. The Morgan fingerprint density at radius 2 is 2.05 bits per heavy atom. The van der Waals surface area contributed by atoms with Gasteiger partial charge in [0.2, 0.25) is 0 Å². The Morgan fingerprint density at radius 1 is 1.42 bits per heavy atom. The van der Waals surface area contributed by atoms with E-state index >= 15 is 0 Å². The second-order valence-corrected chi connectivity index (χ2v) is 7.35. The summed E-state index contributed by atoms with van der Waals surface area (Å²) < 4.78 is 22.6. The third kappa shape index (κ3) is 4.79. The second-order valence-electron chi connectivity index (χ2n) is 4.24. The van der Waals surface area contributed by atoms with E-state index in [9.17, 15) is 18.5 Å². The number of nitro groups is 1. The molecule has 0 spiro atoms. The van der Waals surface area contributed by atoms with Gasteiger partial charge in [-0.3, -0.25) is 10.1 Å². The summed E-state index contributed by atoms with van der Waals surface area (Å²) in [5.74, 6) is 0.0588. The summed E-state index contributed by atoms with van der Waals surface area (Å²) >= 11 is 3.24. The van der Waals surface area contributed by atoms with Crippen molar-refractivity contribution in [3.05, 3.63) is 32.3 Å². The lowest BCUT2D eigenvalue weighted by Crippen LogP contribution is -2.11. The van der Waals surface area contributed by atoms with Crippen molar-refractivity contribution in [2.75, 3.05) is 23.9 Å². The molecular weight excluding hydrogens is 336 g/mol. The number of benzene rings is 1. The van der Waals surface area contributed by atoms with Crippen LogP contribution in [0.4, 0.5) is 11.4 Å². The van der Waals surface area contributed by atoms with Crippen molar-refractivity contribution in [2.24, 2.45) is 0 Å². The molecule has 0 amide bonds. The quantitative estimate of drug-likeness (QED) is 0.483. The highest BCUT2D eigenvalue weighted by molar-refractivity contribution is 9.10. The zero-order valence-electron chi connectivity index (χ0n) is 10.6. The molecule has 0 radical (unpaired) electrons. The molecule has 0 aliphatic rings. The van der Waals surface area contributed by atoms with Gasteiger partial charge in [-0.2, -0.15) is 0 Å². The summed E-state index contributed by atoms with van der Waals surface area (Å²) in [7, 11) is -3.00. The lowest BCUT2D eigenvalue weighted by molar-refractivity contribution is -0.384. The Balaban J connectivity index is 2.79. The van der Waals surface area contributed by atoms with Crippen molar-refractivity contribution >= 4 is 37.1 Å². The maximum Gasteiger partial charge on any atom is 0.296 e. The normalized spacial score (nSPS) is 11.3. The molecule has 1 aromatic carbocycles. The number of nitro benzene ring substituents is 1. The van der Waals surface area contributed by atoms with Crippen molar-refractivity contribution in [1.29, 1.82) is 0 Å². The second kappa shape index (κ2) is 6.33. The van der Waals surface area contributed by atoms with Gasteiger partial charge in [0, 0.05) is 22.8 Å². The van der Waals surface area contributed by atoms with Crippen molar-refractivity contribution in [1.82, 2.24) is 0 Å². The molecule has 1 aromatic rings. The van der Waals surface area contributed by atoms with Gasteiger partial charge in [0.05, 0.1) is 10.7 Å². The summed E-state index contributed by atoms with van der Waals surface area (Å²) in [6.07, 6.45) is 1.57. The topological polar surface area (TPSA) is 89.3 Å². The standard InChI is InChI=1S/C11H15BrN2O4S/c1-8-9(12)4-5-10(11(8)14(15)16)13-6-3-7-19(2,17)18/h4-5,13H,3,6-7H2,1-2H3. The molecule has 0 saturated heterocycles. The average molecular weight is 351 g/mol. The Labute approximate surface area is 120 Å². The van der Waals surface area contributed by atoms with Crippen LogP contribution in [0.3, 0.4) is 0 Å². The fourth-order valence-electron chi connectivity index (χ4n) is 1.61. The van der Waals surface area contributed by atoms with Crippen LogP contribution < -0.4 is 5.32 Å². The van der Waals surface area contributed by atoms with Crippen molar-refractivity contribution in [2.45, 2.75) is 13.3 Å². The minimum absolute atomic E-state index is 0.00808. The Hall–Kier alpha value is -1.15. The highest BCUT2D eigenvalue weighted by Gasteiger charge is 2.19. The number of sulfone groups is 1. The molecule has 1 rings (SSSR count). The monoisotopic (exact) mass is 350 g/mol. The molecule has 19 heavy (non-hydrogen) atoms. The predicted molar refractivity (Wildman–Crippen MR) is 78.4 cm³/mol. The van der Waals surface area contributed by atoms with Crippen LogP contribution in [0.1, 0.15) is 12.0 Å². The number of hydrogen-bond acceptors (Lipinski definition) is 5. The predicted octanol–water partition coefficient (Wildman–Crippen LogP) is 2.51. The number of anilines is 1. The molecule has 0 fully saturated rings. The van der Waals surface area contributed by atoms with Gasteiger partial charge < -0.3 is 5.32 Å². The first-order chi connectivity index (χ1) is 8.72. The zero-order valence-corrected chi connectivity index (χ0v) is 13.0. The van der Waals surface area contributed by atoms with Gasteiger partial charge in [-0.15, -0.1) is 0 Å². The number of hydrogen-bond donors (Lipinski definition) is 1. The van der Waals surface area contributed by atoms with Crippen molar-refractivity contribution in [3.63, 3.8) is 0 Å². The van der Waals surface area contributed by atoms with E-state index in [1.54, 1.807) is 19.1 Å². The van der Waals surface area contributed by atoms with E-state index in [0.717, 1.165) is 0 Å². The molecule has 6 nitrogen and oxygen atoms in total. The lowest BCUT2D eigenvalue weighted by atomic mass is 10.1. The third-order valence-electron chi connectivity index (χ3n) is 2.55. The van der Waals surface area contributed by atoms with E-state index in [4.69, 9.17) is 0 Å². The third-order valence-corrected chi connectivity index (χ3v) is 4.44. The summed E-state index contributed by atoms with van der Waals surface area (Å²) in [6, 6.07) is 3.33. The van der Waals surface area contributed by atoms with Crippen LogP contribution >= 0.6 is 15.9 Å². The highest BCUT2D eigenvalue weighted by atomic mass is 79.9. The fraction of sp³-hybridized carbons (Fsp3) is 0.455. The maximum atomic E-state index is 11.0. The van der Waals surface area contributed by atoms with E-state index in [1.165, 1.54) is 6.26 Å². The molecule has 0 saturated carbocycles. The van der Waals surface area contributed by atoms with Crippen LogP contribution in [-0.2, 0) is 9.84 Å². The van der Waals surface area contributed by atoms with E-state index in [1.807, 2.05) is 0 Å². The minimum atomic E-state index is -3.00. The molecule has 1 N–H and O–H groups in total. The molecule has 0 aliphatic carbocycles. The molecule has 0 bridgehead atoms. The molecule has 8 heteroatoms. The molecule has 106 valence electrons. The largest absolute Gasteiger partial charge is 0.379 e. The Kier molecular flexibility index (Phi) is 5.30. The summed E-state index contributed by atoms with van der Waals surface area (Å²) in [5, 5.41) is 13.9. The maximum absolute atomic E-state index is 11.0. The van der Waals surface area contributed by atoms with Gasteiger partial charge in [0.25, 0.3) is 5.69 Å². The number of nitrogens with one attached hydrogen (secondary N) is 1. The number of rotatable bonds is 6. The molecule has 0 aliphatic heterocycles. The molecule has 0 unspecified atom stereocenters. The van der Waals surface area contributed by atoms with E-state index in [-0.39, 0.29) is 11.4 Å². The SMILES string of the molecule is Cc1c(Br)ccc(NCCCS(C)(=O)=O)c1[N+](=O)[O-]. The van der Waals surface area contributed by atoms with Crippen LogP contribution in [0, 0.1) is 17.0 Å². The molecule has 0 aromatic heterocycles. The number of nitrogens with zero attached hydrogens (tertiary/aromatic N) is 1. The summed E-state index contributed by atoms with van der Waals surface area (Å²) in [5.41, 5.74) is 0.950. The van der Waals surface area contributed by atoms with Crippen LogP contribution in [0.2, 0.25) is 0 Å². The highest BCUT2D eigenvalue weighted by Crippen LogP contribution is 2.33.